The number of ether oxygens (including phenoxy) is 1. The molecule has 1 aliphatic heterocycles. The normalized spacial score (nSPS) is 13.4. The Hall–Kier alpha value is -4.53. The number of benzene rings is 3. The first kappa shape index (κ1) is 26.1. The van der Waals surface area contributed by atoms with Gasteiger partial charge in [0.25, 0.3) is 5.91 Å². The van der Waals surface area contributed by atoms with Gasteiger partial charge in [-0.15, -0.1) is 0 Å². The number of para-hydroxylation sites is 1. The second-order valence-electron chi connectivity index (χ2n) is 9.26. The fourth-order valence-corrected chi connectivity index (χ4v) is 4.75. The number of aryl methyl sites for hydroxylation is 1. The van der Waals surface area contributed by atoms with E-state index >= 15 is 0 Å². The lowest BCUT2D eigenvalue weighted by atomic mass is 10.1. The third-order valence-corrected chi connectivity index (χ3v) is 6.81. The molecule has 0 spiro atoms. The van der Waals surface area contributed by atoms with Crippen molar-refractivity contribution in [1.82, 2.24) is 14.7 Å². The molecule has 0 aliphatic carbocycles. The molecule has 2 heterocycles. The predicted molar refractivity (Wildman–Crippen MR) is 144 cm³/mol. The Kier molecular flexibility index (Phi) is 7.40. The summed E-state index contributed by atoms with van der Waals surface area (Å²) in [5, 5.41) is 4.55. The summed E-state index contributed by atoms with van der Waals surface area (Å²) in [7, 11) is 0. The van der Waals surface area contributed by atoms with Gasteiger partial charge in [0, 0.05) is 37.4 Å². The Morgan fingerprint density at radius 3 is 2.21 bits per heavy atom. The summed E-state index contributed by atoms with van der Waals surface area (Å²) in [6, 6.07) is 20.8. The molecule has 0 bridgehead atoms. The van der Waals surface area contributed by atoms with Crippen LogP contribution in [0.25, 0.3) is 16.9 Å². The average Bonchev–Trinajstić information content (AvgIpc) is 3.39. The average molecular weight is 531 g/mol. The molecule has 1 fully saturated rings. The minimum absolute atomic E-state index is 0.228. The molecular weight excluding hydrogens is 502 g/mol. The fourth-order valence-electron chi connectivity index (χ4n) is 4.75. The molecule has 200 valence electrons. The van der Waals surface area contributed by atoms with E-state index in [1.165, 1.54) is 11.0 Å². The minimum Gasteiger partial charge on any atom is -0.461 e. The molecule has 0 radical (unpaired) electrons. The maximum Gasteiger partial charge on any atom is 0.358 e. The van der Waals surface area contributed by atoms with Crippen LogP contribution in [-0.2, 0) is 4.74 Å². The Bertz CT molecular complexity index is 1490. The molecule has 0 unspecified atom stereocenters. The fraction of sp³-hybridized carbons (Fsp3) is 0.233. The highest BCUT2D eigenvalue weighted by Gasteiger charge is 2.27. The summed E-state index contributed by atoms with van der Waals surface area (Å²) < 4.78 is 35.1. The van der Waals surface area contributed by atoms with E-state index in [9.17, 15) is 18.4 Å². The van der Waals surface area contributed by atoms with Crippen molar-refractivity contribution in [3.63, 3.8) is 0 Å². The molecule has 39 heavy (non-hydrogen) atoms. The molecule has 7 nitrogen and oxygen atoms in total. The molecule has 0 N–H and O–H groups in total. The molecule has 9 heteroatoms. The number of hydrogen-bond acceptors (Lipinski definition) is 5. The Morgan fingerprint density at radius 2 is 1.56 bits per heavy atom. The van der Waals surface area contributed by atoms with E-state index in [2.05, 4.69) is 10.00 Å². The van der Waals surface area contributed by atoms with Crippen LogP contribution in [0.3, 0.4) is 0 Å². The van der Waals surface area contributed by atoms with E-state index in [4.69, 9.17) is 4.74 Å². The number of rotatable bonds is 6. The van der Waals surface area contributed by atoms with Gasteiger partial charge >= 0.3 is 5.97 Å². The highest BCUT2D eigenvalue weighted by Crippen LogP contribution is 2.28. The van der Waals surface area contributed by atoms with Gasteiger partial charge < -0.3 is 14.5 Å². The van der Waals surface area contributed by atoms with Gasteiger partial charge in [0.2, 0.25) is 0 Å². The summed E-state index contributed by atoms with van der Waals surface area (Å²) in [6.45, 7) is 5.73. The first-order valence-electron chi connectivity index (χ1n) is 12.8. The van der Waals surface area contributed by atoms with Crippen molar-refractivity contribution >= 4 is 17.6 Å². The maximum absolute atomic E-state index is 14.1. The van der Waals surface area contributed by atoms with Gasteiger partial charge in [0.1, 0.15) is 17.2 Å². The molecule has 0 saturated carbocycles. The number of aromatic nitrogens is 2. The largest absolute Gasteiger partial charge is 0.461 e. The predicted octanol–water partition coefficient (Wildman–Crippen LogP) is 5.27. The van der Waals surface area contributed by atoms with Crippen LogP contribution in [0.15, 0.2) is 72.8 Å². The number of amides is 1. The zero-order valence-electron chi connectivity index (χ0n) is 21.7. The summed E-state index contributed by atoms with van der Waals surface area (Å²) in [5.41, 5.74) is 4.16. The van der Waals surface area contributed by atoms with Crippen molar-refractivity contribution < 1.29 is 23.1 Å². The Balaban J connectivity index is 1.35. The van der Waals surface area contributed by atoms with Crippen molar-refractivity contribution in [3.05, 3.63) is 101 Å². The number of anilines is 1. The topological polar surface area (TPSA) is 67.7 Å². The molecule has 1 aliphatic rings. The number of carbonyl (C=O) groups is 2. The molecule has 1 saturated heterocycles. The third-order valence-electron chi connectivity index (χ3n) is 6.81. The SMILES string of the molecule is CCOC(=O)c1cc(-c2ccc(N3CCN(C(=O)c4c(F)cccc4F)CC3)cc2)n(-c2ccccc2C)n1. The second kappa shape index (κ2) is 11.1. The van der Waals surface area contributed by atoms with Crippen LogP contribution in [0.4, 0.5) is 14.5 Å². The first-order chi connectivity index (χ1) is 18.9. The third kappa shape index (κ3) is 5.25. The number of hydrogen-bond donors (Lipinski definition) is 0. The van der Waals surface area contributed by atoms with Crippen molar-refractivity contribution in [2.45, 2.75) is 13.8 Å². The minimum atomic E-state index is -0.853. The standard InChI is InChI=1S/C30H28F2N4O3/c1-3-39-30(38)25-19-27(36(33-25)26-10-5-4-7-20(26)2)21-11-13-22(14-12-21)34-15-17-35(18-16-34)29(37)28-23(31)8-6-9-24(28)32/h4-14,19H,3,15-18H2,1-2H3. The first-order valence-corrected chi connectivity index (χ1v) is 12.8. The summed E-state index contributed by atoms with van der Waals surface area (Å²) in [4.78, 5) is 28.8. The van der Waals surface area contributed by atoms with Crippen molar-refractivity contribution in [2.75, 3.05) is 37.7 Å². The summed E-state index contributed by atoms with van der Waals surface area (Å²) in [5.74, 6) is -2.82. The molecule has 1 amide bonds. The number of carbonyl (C=O) groups excluding carboxylic acids is 2. The van der Waals surface area contributed by atoms with Gasteiger partial charge in [-0.1, -0.05) is 36.4 Å². The smallest absolute Gasteiger partial charge is 0.358 e. The van der Waals surface area contributed by atoms with Crippen LogP contribution in [0.1, 0.15) is 33.3 Å². The maximum atomic E-state index is 14.1. The van der Waals surface area contributed by atoms with Crippen LogP contribution in [0.2, 0.25) is 0 Å². The van der Waals surface area contributed by atoms with E-state index in [-0.39, 0.29) is 12.3 Å². The van der Waals surface area contributed by atoms with Gasteiger partial charge in [0.15, 0.2) is 5.69 Å². The quantitative estimate of drug-likeness (QED) is 0.318. The van der Waals surface area contributed by atoms with E-state index in [1.807, 2.05) is 55.5 Å². The van der Waals surface area contributed by atoms with Crippen LogP contribution in [0.5, 0.6) is 0 Å². The highest BCUT2D eigenvalue weighted by atomic mass is 19.1. The zero-order chi connectivity index (χ0) is 27.5. The lowest BCUT2D eigenvalue weighted by Gasteiger charge is -2.36. The van der Waals surface area contributed by atoms with E-state index in [0.29, 0.717) is 26.2 Å². The molecule has 4 aromatic rings. The molecule has 1 aromatic heterocycles. The van der Waals surface area contributed by atoms with Crippen molar-refractivity contribution in [1.29, 1.82) is 0 Å². The van der Waals surface area contributed by atoms with Gasteiger partial charge in [-0.2, -0.15) is 5.10 Å². The number of piperazine rings is 1. The molecule has 0 atom stereocenters. The van der Waals surface area contributed by atoms with Crippen LogP contribution >= 0.6 is 0 Å². The van der Waals surface area contributed by atoms with Crippen molar-refractivity contribution in [3.8, 4) is 16.9 Å². The van der Waals surface area contributed by atoms with Crippen LogP contribution in [-0.4, -0.2) is 59.3 Å². The molecule has 5 rings (SSSR count). The van der Waals surface area contributed by atoms with Crippen LogP contribution in [0, 0.1) is 18.6 Å². The van der Waals surface area contributed by atoms with Gasteiger partial charge in [0.05, 0.1) is 18.0 Å². The lowest BCUT2D eigenvalue weighted by molar-refractivity contribution is 0.0518. The number of esters is 1. The van der Waals surface area contributed by atoms with Gasteiger partial charge in [-0.3, -0.25) is 4.79 Å². The Morgan fingerprint density at radius 1 is 0.897 bits per heavy atom. The van der Waals surface area contributed by atoms with Crippen molar-refractivity contribution in [2.24, 2.45) is 0 Å². The lowest BCUT2D eigenvalue weighted by Crippen LogP contribution is -2.49. The van der Waals surface area contributed by atoms with Gasteiger partial charge in [-0.25, -0.2) is 18.3 Å². The monoisotopic (exact) mass is 530 g/mol. The zero-order valence-corrected chi connectivity index (χ0v) is 21.7. The second-order valence-corrected chi connectivity index (χ2v) is 9.26. The Labute approximate surface area is 225 Å². The number of halogens is 2. The van der Waals surface area contributed by atoms with E-state index in [1.54, 1.807) is 17.7 Å². The van der Waals surface area contributed by atoms with Crippen LogP contribution < -0.4 is 4.90 Å². The molecular formula is C30H28F2N4O3. The highest BCUT2D eigenvalue weighted by molar-refractivity contribution is 5.95. The van der Waals surface area contributed by atoms with Gasteiger partial charge in [-0.05, 0) is 55.8 Å². The number of nitrogens with zero attached hydrogens (tertiary/aromatic N) is 4. The summed E-state index contributed by atoms with van der Waals surface area (Å²) >= 11 is 0. The summed E-state index contributed by atoms with van der Waals surface area (Å²) in [6.07, 6.45) is 0. The van der Waals surface area contributed by atoms with E-state index < -0.39 is 29.1 Å². The van der Waals surface area contributed by atoms with E-state index in [0.717, 1.165) is 40.3 Å². The molecule has 3 aromatic carbocycles.